The molecule has 0 spiro atoms. The molecular weight excluding hydrogens is 450 g/mol. The van der Waals surface area contributed by atoms with Crippen LogP contribution in [0.2, 0.25) is 0 Å². The Kier molecular flexibility index (Phi) is 4.79. The van der Waals surface area contributed by atoms with E-state index >= 15 is 0 Å². The Balaban J connectivity index is 1.79. The Morgan fingerprint density at radius 1 is 0.784 bits per heavy atom. The summed E-state index contributed by atoms with van der Waals surface area (Å²) in [6, 6.07) is 27.7. The monoisotopic (exact) mass is 484 g/mol. The molecule has 0 radical (unpaired) electrons. The highest BCUT2D eigenvalue weighted by molar-refractivity contribution is 6.23. The van der Waals surface area contributed by atoms with E-state index in [1.165, 1.54) is 60.5 Å². The van der Waals surface area contributed by atoms with Crippen molar-refractivity contribution < 1.29 is 4.57 Å². The van der Waals surface area contributed by atoms with Gasteiger partial charge in [0, 0.05) is 22.9 Å². The van der Waals surface area contributed by atoms with E-state index in [9.17, 15) is 0 Å². The van der Waals surface area contributed by atoms with Gasteiger partial charge in [0.1, 0.15) is 17.1 Å². The number of hydrogen-bond acceptors (Lipinski definition) is 1. The lowest BCUT2D eigenvalue weighted by Crippen LogP contribution is -2.50. The van der Waals surface area contributed by atoms with Crippen molar-refractivity contribution in [2.75, 3.05) is 0 Å². The topological polar surface area (TPSA) is 21.7 Å². The molecule has 2 aromatic heterocycles. The molecule has 4 aromatic carbocycles. The fourth-order valence-electron chi connectivity index (χ4n) is 6.73. The number of aromatic nitrogens is 3. The van der Waals surface area contributed by atoms with E-state index in [4.69, 9.17) is 4.98 Å². The third kappa shape index (κ3) is 3.00. The second-order valence-electron chi connectivity index (χ2n) is 11.5. The molecule has 0 N–H and O–H groups in total. The zero-order chi connectivity index (χ0) is 25.6. The molecular formula is C34H34N3+. The van der Waals surface area contributed by atoms with Gasteiger partial charge in [-0.25, -0.2) is 4.57 Å². The molecule has 2 atom stereocenters. The van der Waals surface area contributed by atoms with Crippen molar-refractivity contribution in [3.05, 3.63) is 84.2 Å². The Bertz CT molecular complexity index is 1870. The van der Waals surface area contributed by atoms with Crippen molar-refractivity contribution in [2.24, 2.45) is 0 Å². The van der Waals surface area contributed by atoms with Crippen LogP contribution in [0.1, 0.15) is 76.8 Å². The first-order valence-electron chi connectivity index (χ1n) is 13.7. The highest BCUT2D eigenvalue weighted by Crippen LogP contribution is 2.46. The second kappa shape index (κ2) is 7.89. The number of fused-ring (bicyclic) bond motifs is 10. The van der Waals surface area contributed by atoms with E-state index < -0.39 is 0 Å². The predicted octanol–water partition coefficient (Wildman–Crippen LogP) is 8.83. The summed E-state index contributed by atoms with van der Waals surface area (Å²) in [5, 5.41) is 7.82. The van der Waals surface area contributed by atoms with Crippen molar-refractivity contribution in [1.82, 2.24) is 9.55 Å². The van der Waals surface area contributed by atoms with Gasteiger partial charge in [0.25, 0.3) is 5.65 Å². The van der Waals surface area contributed by atoms with Crippen LogP contribution in [0, 0.1) is 0 Å². The van der Waals surface area contributed by atoms with Crippen LogP contribution < -0.4 is 4.57 Å². The van der Waals surface area contributed by atoms with Gasteiger partial charge in [-0.15, -0.1) is 0 Å². The minimum Gasteiger partial charge on any atom is -0.302 e. The molecule has 37 heavy (non-hydrogen) atoms. The molecule has 0 bridgehead atoms. The Morgan fingerprint density at radius 2 is 1.46 bits per heavy atom. The minimum absolute atomic E-state index is 0.299. The fourth-order valence-corrected chi connectivity index (χ4v) is 6.73. The van der Waals surface area contributed by atoms with E-state index in [1.807, 2.05) is 0 Å². The molecule has 3 heterocycles. The largest absolute Gasteiger partial charge is 0.304 e. The summed E-state index contributed by atoms with van der Waals surface area (Å²) in [6.45, 7) is 13.9. The molecule has 0 saturated heterocycles. The van der Waals surface area contributed by atoms with Crippen LogP contribution in [0.15, 0.2) is 72.8 Å². The zero-order valence-corrected chi connectivity index (χ0v) is 22.6. The van der Waals surface area contributed by atoms with Gasteiger partial charge >= 0.3 is 5.82 Å². The van der Waals surface area contributed by atoms with Crippen molar-refractivity contribution in [3.8, 4) is 11.3 Å². The van der Waals surface area contributed by atoms with E-state index in [0.717, 1.165) is 5.65 Å². The van der Waals surface area contributed by atoms with Crippen LogP contribution in [0.25, 0.3) is 54.7 Å². The van der Waals surface area contributed by atoms with Gasteiger partial charge in [-0.2, -0.15) is 0 Å². The quantitative estimate of drug-likeness (QED) is 0.225. The number of nitrogens with zero attached hydrogens (tertiary/aromatic N) is 3. The Labute approximate surface area is 218 Å². The maximum Gasteiger partial charge on any atom is 0.304 e. The van der Waals surface area contributed by atoms with E-state index in [-0.39, 0.29) is 0 Å². The Morgan fingerprint density at radius 3 is 2.16 bits per heavy atom. The molecule has 0 fully saturated rings. The lowest BCUT2D eigenvalue weighted by molar-refractivity contribution is -0.723. The smallest absolute Gasteiger partial charge is 0.302 e. The van der Waals surface area contributed by atoms with Gasteiger partial charge in [0.15, 0.2) is 0 Å². The van der Waals surface area contributed by atoms with Crippen molar-refractivity contribution >= 4 is 43.5 Å². The van der Waals surface area contributed by atoms with Crippen molar-refractivity contribution in [1.29, 1.82) is 0 Å². The van der Waals surface area contributed by atoms with Gasteiger partial charge in [0.2, 0.25) is 0 Å². The van der Waals surface area contributed by atoms with Gasteiger partial charge in [0.05, 0.1) is 11.4 Å². The highest BCUT2D eigenvalue weighted by Gasteiger charge is 2.40. The maximum absolute atomic E-state index is 5.50. The maximum atomic E-state index is 5.50. The summed E-state index contributed by atoms with van der Waals surface area (Å²) in [4.78, 5) is 5.50. The van der Waals surface area contributed by atoms with Crippen LogP contribution in [0.5, 0.6) is 0 Å². The van der Waals surface area contributed by atoms with Crippen LogP contribution in [-0.2, 0) is 0 Å². The Hall–Kier alpha value is -3.72. The molecule has 2 unspecified atom stereocenters. The van der Waals surface area contributed by atoms with Gasteiger partial charge in [-0.1, -0.05) is 75.4 Å². The SMILES string of the molecule is CC(C)c1nc2c(c3[n+]1C(C)C(C)c1cc4ccccc4cc1-3)c1c3ccccc3ccc1n2C(C)C. The lowest BCUT2D eigenvalue weighted by atomic mass is 9.82. The third-order valence-corrected chi connectivity index (χ3v) is 8.64. The summed E-state index contributed by atoms with van der Waals surface area (Å²) < 4.78 is 5.05. The number of benzene rings is 4. The molecule has 3 nitrogen and oxygen atoms in total. The average Bonchev–Trinajstić information content (AvgIpc) is 3.24. The van der Waals surface area contributed by atoms with Gasteiger partial charge in [-0.3, -0.25) is 0 Å². The van der Waals surface area contributed by atoms with Gasteiger partial charge < -0.3 is 4.57 Å². The minimum atomic E-state index is 0.299. The molecule has 0 saturated carbocycles. The van der Waals surface area contributed by atoms with Crippen LogP contribution in [-0.4, -0.2) is 9.55 Å². The summed E-state index contributed by atoms with van der Waals surface area (Å²) >= 11 is 0. The van der Waals surface area contributed by atoms with E-state index in [1.54, 1.807) is 0 Å². The van der Waals surface area contributed by atoms with Crippen LogP contribution >= 0.6 is 0 Å². The molecule has 7 rings (SSSR count). The van der Waals surface area contributed by atoms with Crippen LogP contribution in [0.3, 0.4) is 0 Å². The molecule has 6 aromatic rings. The first kappa shape index (κ1) is 22.5. The molecule has 3 heteroatoms. The molecule has 1 aliphatic rings. The second-order valence-corrected chi connectivity index (χ2v) is 11.5. The summed E-state index contributed by atoms with van der Waals surface area (Å²) in [5.74, 6) is 1.88. The van der Waals surface area contributed by atoms with Crippen molar-refractivity contribution in [3.63, 3.8) is 0 Å². The molecule has 184 valence electrons. The zero-order valence-electron chi connectivity index (χ0n) is 22.6. The summed E-state index contributed by atoms with van der Waals surface area (Å²) in [7, 11) is 0. The molecule has 0 amide bonds. The lowest BCUT2D eigenvalue weighted by Gasteiger charge is -2.31. The predicted molar refractivity (Wildman–Crippen MR) is 155 cm³/mol. The normalized spacial score (nSPS) is 17.4. The average molecular weight is 485 g/mol. The fraction of sp³-hybridized carbons (Fsp3) is 0.294. The number of hydrogen-bond donors (Lipinski definition) is 0. The van der Waals surface area contributed by atoms with Crippen molar-refractivity contribution in [2.45, 2.75) is 65.5 Å². The van der Waals surface area contributed by atoms with E-state index in [0.29, 0.717) is 23.9 Å². The molecule has 0 aliphatic carbocycles. The summed E-state index contributed by atoms with van der Waals surface area (Å²) in [6.07, 6.45) is 0. The number of rotatable bonds is 2. The summed E-state index contributed by atoms with van der Waals surface area (Å²) in [5.41, 5.74) is 6.51. The first-order valence-corrected chi connectivity index (χ1v) is 13.7. The first-order chi connectivity index (χ1) is 17.9. The van der Waals surface area contributed by atoms with Gasteiger partial charge in [-0.05, 0) is 71.1 Å². The van der Waals surface area contributed by atoms with E-state index in [2.05, 4.69) is 123 Å². The standard InChI is InChI=1S/C34H34N3/c1-19(2)33-35-34-31(30-26-14-10-9-11-23(26)15-16-29(30)36(34)20(3)4)32-28-18-25-13-8-7-12-24(25)17-27(28)21(5)22(6)37(32)33/h7-22H,1-6H3/q+1. The highest BCUT2D eigenvalue weighted by atomic mass is 15.2. The third-order valence-electron chi connectivity index (χ3n) is 8.64. The van der Waals surface area contributed by atoms with Crippen LogP contribution in [0.4, 0.5) is 0 Å². The molecule has 1 aliphatic heterocycles.